The lowest BCUT2D eigenvalue weighted by Gasteiger charge is -2.21. The molecule has 0 spiro atoms. The molecular formula is C28H31N5O3S. The van der Waals surface area contributed by atoms with E-state index in [0.717, 1.165) is 40.2 Å². The maximum Gasteiger partial charge on any atom is 0.439 e. The molecule has 8 nitrogen and oxygen atoms in total. The lowest BCUT2D eigenvalue weighted by Crippen LogP contribution is -2.33. The fourth-order valence-corrected chi connectivity index (χ4v) is 4.35. The number of rotatable bonds is 8. The number of aromatic amines is 1. The number of likely N-dealkylation sites (N-methyl/N-ethyl adjacent to an activating group) is 1. The van der Waals surface area contributed by atoms with Crippen molar-refractivity contribution in [2.45, 2.75) is 46.1 Å². The standard InChI is InChI=1S/C28H31N5O3S/c1-6-17(2)26-29-18(3)23(15-24(37)32(4)5)27(34)33(26)16-19-11-13-20(14-12-19)21-9-7-8-10-22(21)25-30-28(35)36-31-25/h7-14,17H,6,15-16H2,1-5H3,(H,30,31,35). The molecule has 4 rings (SSSR count). The smallest absolute Gasteiger partial charge is 0.372 e. The van der Waals surface area contributed by atoms with Crippen LogP contribution in [0.5, 0.6) is 0 Å². The Morgan fingerprint density at radius 1 is 1.11 bits per heavy atom. The fraction of sp³-hybridized carbons (Fsp3) is 0.321. The maximum absolute atomic E-state index is 13.7. The summed E-state index contributed by atoms with van der Waals surface area (Å²) in [5.41, 5.74) is 4.94. The second-order valence-corrected chi connectivity index (χ2v) is 9.86. The molecule has 0 fully saturated rings. The van der Waals surface area contributed by atoms with Crippen molar-refractivity contribution in [1.29, 1.82) is 0 Å². The topological polar surface area (TPSA) is 97.0 Å². The molecule has 0 saturated heterocycles. The molecule has 192 valence electrons. The molecule has 9 heteroatoms. The first-order valence-electron chi connectivity index (χ1n) is 12.2. The van der Waals surface area contributed by atoms with Gasteiger partial charge in [-0.15, -0.1) is 0 Å². The average Bonchev–Trinajstić information content (AvgIpc) is 3.33. The Labute approximate surface area is 221 Å². The van der Waals surface area contributed by atoms with Gasteiger partial charge in [-0.25, -0.2) is 9.78 Å². The summed E-state index contributed by atoms with van der Waals surface area (Å²) < 4.78 is 6.48. The SMILES string of the molecule is CCC(C)c1nc(C)c(CC(=S)N(C)C)c(=O)n1Cc1ccc(-c2ccccc2-c2noc(=O)[nH]2)cc1. The van der Waals surface area contributed by atoms with Crippen molar-refractivity contribution in [3.8, 4) is 22.5 Å². The molecule has 0 radical (unpaired) electrons. The Morgan fingerprint density at radius 2 is 1.78 bits per heavy atom. The van der Waals surface area contributed by atoms with Gasteiger partial charge in [0.2, 0.25) is 0 Å². The maximum atomic E-state index is 13.7. The van der Waals surface area contributed by atoms with E-state index >= 15 is 0 Å². The van der Waals surface area contributed by atoms with E-state index in [1.165, 1.54) is 0 Å². The summed E-state index contributed by atoms with van der Waals surface area (Å²) in [6, 6.07) is 15.7. The number of aromatic nitrogens is 4. The molecule has 4 aromatic rings. The van der Waals surface area contributed by atoms with Crippen molar-refractivity contribution in [1.82, 2.24) is 24.6 Å². The van der Waals surface area contributed by atoms with Gasteiger partial charge in [-0.3, -0.25) is 18.9 Å². The van der Waals surface area contributed by atoms with E-state index in [1.54, 1.807) is 4.57 Å². The third-order valence-electron chi connectivity index (χ3n) is 6.61. The summed E-state index contributed by atoms with van der Waals surface area (Å²) in [4.78, 5) is 35.2. The zero-order valence-corrected chi connectivity index (χ0v) is 22.6. The van der Waals surface area contributed by atoms with Gasteiger partial charge in [0.15, 0.2) is 5.82 Å². The fourth-order valence-electron chi connectivity index (χ4n) is 4.21. The highest BCUT2D eigenvalue weighted by atomic mass is 32.1. The van der Waals surface area contributed by atoms with Crippen LogP contribution in [0, 0.1) is 6.92 Å². The van der Waals surface area contributed by atoms with Crippen molar-refractivity contribution in [2.75, 3.05) is 14.1 Å². The highest BCUT2D eigenvalue weighted by Gasteiger charge is 2.20. The third kappa shape index (κ3) is 5.61. The van der Waals surface area contributed by atoms with E-state index < -0.39 is 5.76 Å². The largest absolute Gasteiger partial charge is 0.439 e. The summed E-state index contributed by atoms with van der Waals surface area (Å²) in [5.74, 6) is 0.703. The summed E-state index contributed by atoms with van der Waals surface area (Å²) in [6.45, 7) is 6.49. The van der Waals surface area contributed by atoms with Crippen molar-refractivity contribution < 1.29 is 4.52 Å². The number of hydrogen-bond acceptors (Lipinski definition) is 6. The molecule has 0 aliphatic rings. The van der Waals surface area contributed by atoms with Gasteiger partial charge in [0, 0.05) is 43.3 Å². The molecule has 37 heavy (non-hydrogen) atoms. The molecular weight excluding hydrogens is 486 g/mol. The Kier molecular flexibility index (Phi) is 7.83. The third-order valence-corrected chi connectivity index (χ3v) is 7.12. The number of H-pyrrole nitrogens is 1. The van der Waals surface area contributed by atoms with Gasteiger partial charge in [-0.1, -0.05) is 79.8 Å². The van der Waals surface area contributed by atoms with Crippen LogP contribution in [0.3, 0.4) is 0 Å². The lowest BCUT2D eigenvalue weighted by molar-refractivity contribution is 0.388. The number of hydrogen-bond donors (Lipinski definition) is 1. The quantitative estimate of drug-likeness (QED) is 0.342. The van der Waals surface area contributed by atoms with E-state index in [2.05, 4.69) is 24.0 Å². The van der Waals surface area contributed by atoms with Crippen LogP contribution in [0.25, 0.3) is 22.5 Å². The molecule has 0 aliphatic heterocycles. The van der Waals surface area contributed by atoms with Gasteiger partial charge in [0.1, 0.15) is 5.82 Å². The number of nitrogens with one attached hydrogen (secondary N) is 1. The highest BCUT2D eigenvalue weighted by Crippen LogP contribution is 2.30. The number of aryl methyl sites for hydroxylation is 1. The van der Waals surface area contributed by atoms with E-state index in [0.29, 0.717) is 29.3 Å². The van der Waals surface area contributed by atoms with Crippen LogP contribution < -0.4 is 11.3 Å². The van der Waals surface area contributed by atoms with Crippen LogP contribution >= 0.6 is 12.2 Å². The zero-order valence-electron chi connectivity index (χ0n) is 21.7. The number of thiocarbonyl (C=S) groups is 1. The lowest BCUT2D eigenvalue weighted by atomic mass is 9.98. The summed E-state index contributed by atoms with van der Waals surface area (Å²) in [6.07, 6.45) is 1.27. The molecule has 0 amide bonds. The Bertz CT molecular complexity index is 1530. The first-order chi connectivity index (χ1) is 17.7. The zero-order chi connectivity index (χ0) is 26.7. The van der Waals surface area contributed by atoms with Crippen LogP contribution in [0.1, 0.15) is 48.8 Å². The monoisotopic (exact) mass is 517 g/mol. The van der Waals surface area contributed by atoms with Gasteiger partial charge in [0.05, 0.1) is 11.5 Å². The van der Waals surface area contributed by atoms with Gasteiger partial charge >= 0.3 is 5.76 Å². The van der Waals surface area contributed by atoms with Crippen molar-refractivity contribution in [3.63, 3.8) is 0 Å². The van der Waals surface area contributed by atoms with Crippen molar-refractivity contribution in [3.05, 3.63) is 92.1 Å². The minimum atomic E-state index is -0.597. The van der Waals surface area contributed by atoms with Gasteiger partial charge in [0.25, 0.3) is 5.56 Å². The van der Waals surface area contributed by atoms with E-state index in [-0.39, 0.29) is 11.5 Å². The Morgan fingerprint density at radius 3 is 2.38 bits per heavy atom. The van der Waals surface area contributed by atoms with Crippen LogP contribution in [0.4, 0.5) is 0 Å². The minimum Gasteiger partial charge on any atom is -0.372 e. The van der Waals surface area contributed by atoms with E-state index in [4.69, 9.17) is 21.7 Å². The predicted molar refractivity (Wildman–Crippen MR) is 149 cm³/mol. The first-order valence-corrected chi connectivity index (χ1v) is 12.7. The first kappa shape index (κ1) is 26.2. The van der Waals surface area contributed by atoms with Gasteiger partial charge in [-0.2, -0.15) is 0 Å². The molecule has 0 aliphatic carbocycles. The molecule has 2 heterocycles. The summed E-state index contributed by atoms with van der Waals surface area (Å²) >= 11 is 5.49. The van der Waals surface area contributed by atoms with Crippen LogP contribution in [-0.2, 0) is 13.0 Å². The van der Waals surface area contributed by atoms with Gasteiger partial charge in [-0.05, 0) is 30.0 Å². The number of benzene rings is 2. The van der Waals surface area contributed by atoms with Crippen LogP contribution in [0.2, 0.25) is 0 Å². The van der Waals surface area contributed by atoms with Crippen LogP contribution in [-0.4, -0.2) is 43.7 Å². The Balaban J connectivity index is 1.71. The number of nitrogens with zero attached hydrogens (tertiary/aromatic N) is 4. The van der Waals surface area contributed by atoms with E-state index in [9.17, 15) is 9.59 Å². The molecule has 1 atom stereocenters. The van der Waals surface area contributed by atoms with Crippen molar-refractivity contribution in [2.24, 2.45) is 0 Å². The molecule has 0 saturated carbocycles. The predicted octanol–water partition coefficient (Wildman–Crippen LogP) is 4.56. The summed E-state index contributed by atoms with van der Waals surface area (Å²) in [5, 5.41) is 3.84. The molecule has 2 aromatic carbocycles. The molecule has 1 N–H and O–H groups in total. The van der Waals surface area contributed by atoms with Crippen LogP contribution in [0.15, 0.2) is 62.6 Å². The second kappa shape index (κ2) is 11.0. The van der Waals surface area contributed by atoms with E-state index in [1.807, 2.05) is 74.4 Å². The average molecular weight is 518 g/mol. The van der Waals surface area contributed by atoms with Crippen molar-refractivity contribution >= 4 is 17.2 Å². The molecule has 0 bridgehead atoms. The second-order valence-electron chi connectivity index (χ2n) is 9.39. The molecule has 2 aromatic heterocycles. The minimum absolute atomic E-state index is 0.0450. The normalized spacial score (nSPS) is 11.9. The summed E-state index contributed by atoms with van der Waals surface area (Å²) in [7, 11) is 3.77. The highest BCUT2D eigenvalue weighted by molar-refractivity contribution is 7.80. The Hall–Kier alpha value is -3.85. The molecule has 1 unspecified atom stereocenters. The van der Waals surface area contributed by atoms with Gasteiger partial charge < -0.3 is 4.90 Å².